The van der Waals surface area contributed by atoms with Gasteiger partial charge in [0.2, 0.25) is 0 Å². The van der Waals surface area contributed by atoms with Crippen molar-refractivity contribution in [3.8, 4) is 0 Å². The van der Waals surface area contributed by atoms with Crippen LogP contribution in [0.5, 0.6) is 0 Å². The molecule has 0 aliphatic rings. The molecule has 0 aromatic carbocycles. The van der Waals surface area contributed by atoms with Gasteiger partial charge in [0.15, 0.2) is 5.82 Å². The van der Waals surface area contributed by atoms with E-state index < -0.39 is 0 Å². The molecule has 2 N–H and O–H groups in total. The first-order valence-corrected chi connectivity index (χ1v) is 5.46. The molecule has 76 valence electrons. The average Bonchev–Trinajstić information content (AvgIpc) is 2.68. The predicted octanol–water partition coefficient (Wildman–Crippen LogP) is 2.07. The molecular weight excluding hydrogens is 208 g/mol. The Morgan fingerprint density at radius 2 is 2.27 bits per heavy atom. The zero-order chi connectivity index (χ0) is 10.6. The van der Waals surface area contributed by atoms with E-state index in [-0.39, 0.29) is 0 Å². The Balaban J connectivity index is 2.67. The van der Waals surface area contributed by atoms with E-state index in [0.717, 1.165) is 15.0 Å². The number of hydrogen-bond donors (Lipinski definition) is 1. The van der Waals surface area contributed by atoms with Gasteiger partial charge < -0.3 is 5.73 Å². The number of anilines is 1. The summed E-state index contributed by atoms with van der Waals surface area (Å²) in [6.45, 7) is 2.08. The molecule has 0 saturated carbocycles. The van der Waals surface area contributed by atoms with Crippen LogP contribution in [0.15, 0.2) is 12.3 Å². The molecule has 0 aliphatic carbocycles. The minimum Gasteiger partial charge on any atom is -0.381 e. The van der Waals surface area contributed by atoms with Crippen LogP contribution in [0, 0.1) is 6.92 Å². The van der Waals surface area contributed by atoms with Crippen molar-refractivity contribution in [2.45, 2.75) is 6.92 Å². The van der Waals surface area contributed by atoms with Gasteiger partial charge in [-0.3, -0.25) is 4.68 Å². The van der Waals surface area contributed by atoms with E-state index in [0.29, 0.717) is 5.82 Å². The summed E-state index contributed by atoms with van der Waals surface area (Å²) < 4.78 is 2.87. The summed E-state index contributed by atoms with van der Waals surface area (Å²) in [6.07, 6.45) is 1.83. The Hall–Kier alpha value is -1.62. The van der Waals surface area contributed by atoms with Gasteiger partial charge in [0, 0.05) is 18.6 Å². The van der Waals surface area contributed by atoms with Crippen LogP contribution in [0.1, 0.15) is 5.56 Å². The third kappa shape index (κ3) is 1.01. The first kappa shape index (κ1) is 8.67. The summed E-state index contributed by atoms with van der Waals surface area (Å²) in [5, 5.41) is 5.39. The molecule has 0 bridgehead atoms. The summed E-state index contributed by atoms with van der Waals surface area (Å²) in [4.78, 5) is 5.39. The quantitative estimate of drug-likeness (QED) is 0.628. The van der Waals surface area contributed by atoms with Gasteiger partial charge in [0.25, 0.3) is 0 Å². The van der Waals surface area contributed by atoms with Crippen LogP contribution in [0.3, 0.4) is 0 Å². The number of aryl methyl sites for hydroxylation is 2. The minimum atomic E-state index is 0.593. The molecule has 0 radical (unpaired) electrons. The number of nitrogens with zero attached hydrogens (tertiary/aromatic N) is 3. The second kappa shape index (κ2) is 2.70. The zero-order valence-electron chi connectivity index (χ0n) is 8.48. The highest BCUT2D eigenvalue weighted by Gasteiger charge is 2.15. The number of nitrogen functional groups attached to an aromatic ring is 1. The van der Waals surface area contributed by atoms with Crippen molar-refractivity contribution >= 4 is 37.6 Å². The van der Waals surface area contributed by atoms with Gasteiger partial charge in [-0.25, -0.2) is 4.98 Å². The van der Waals surface area contributed by atoms with Crippen LogP contribution >= 0.6 is 11.3 Å². The summed E-state index contributed by atoms with van der Waals surface area (Å²) >= 11 is 1.60. The van der Waals surface area contributed by atoms with E-state index in [1.54, 1.807) is 11.3 Å². The van der Waals surface area contributed by atoms with Crippen LogP contribution in [0.25, 0.3) is 20.4 Å². The van der Waals surface area contributed by atoms with Gasteiger partial charge in [-0.2, -0.15) is 5.10 Å². The van der Waals surface area contributed by atoms with E-state index in [1.165, 1.54) is 10.9 Å². The lowest BCUT2D eigenvalue weighted by Gasteiger charge is -1.96. The fraction of sp³-hybridized carbons (Fsp3) is 0.200. The van der Waals surface area contributed by atoms with Crippen molar-refractivity contribution in [3.05, 3.63) is 17.8 Å². The first-order chi connectivity index (χ1) is 7.18. The first-order valence-electron chi connectivity index (χ1n) is 4.65. The lowest BCUT2D eigenvalue weighted by molar-refractivity contribution is 0.804. The second-order valence-corrected chi connectivity index (χ2v) is 4.60. The Morgan fingerprint density at radius 1 is 1.47 bits per heavy atom. The highest BCUT2D eigenvalue weighted by atomic mass is 32.1. The lowest BCUT2D eigenvalue weighted by Crippen LogP contribution is -1.92. The molecule has 0 fully saturated rings. The summed E-state index contributed by atoms with van der Waals surface area (Å²) in [5.74, 6) is 0.593. The molecule has 4 nitrogen and oxygen atoms in total. The van der Waals surface area contributed by atoms with Crippen molar-refractivity contribution in [1.29, 1.82) is 0 Å². The van der Waals surface area contributed by atoms with Gasteiger partial charge in [-0.05, 0) is 18.6 Å². The largest absolute Gasteiger partial charge is 0.381 e. The lowest BCUT2D eigenvalue weighted by atomic mass is 10.2. The SMILES string of the molecule is Cc1ccnc2sc3c(N)nn(C)c3c12. The third-order valence-corrected chi connectivity index (χ3v) is 3.70. The Morgan fingerprint density at radius 3 is 3.07 bits per heavy atom. The maximum atomic E-state index is 5.84. The van der Waals surface area contributed by atoms with Gasteiger partial charge >= 0.3 is 0 Å². The van der Waals surface area contributed by atoms with Crippen LogP contribution in [-0.4, -0.2) is 14.8 Å². The monoisotopic (exact) mass is 218 g/mol. The molecule has 0 spiro atoms. The van der Waals surface area contributed by atoms with Gasteiger partial charge in [-0.15, -0.1) is 11.3 Å². The number of rotatable bonds is 0. The van der Waals surface area contributed by atoms with Crippen molar-refractivity contribution in [2.75, 3.05) is 5.73 Å². The molecular formula is C10H10N4S. The number of aromatic nitrogens is 3. The molecule has 3 rings (SSSR count). The fourth-order valence-electron chi connectivity index (χ4n) is 1.90. The van der Waals surface area contributed by atoms with Crippen molar-refractivity contribution in [1.82, 2.24) is 14.8 Å². The minimum absolute atomic E-state index is 0.593. The van der Waals surface area contributed by atoms with Gasteiger partial charge in [-0.1, -0.05) is 0 Å². The third-order valence-electron chi connectivity index (χ3n) is 2.59. The molecule has 0 saturated heterocycles. The molecule has 5 heteroatoms. The molecule has 3 aromatic heterocycles. The highest BCUT2D eigenvalue weighted by Crippen LogP contribution is 2.36. The predicted molar refractivity (Wildman–Crippen MR) is 63.0 cm³/mol. The topological polar surface area (TPSA) is 56.7 Å². The Kier molecular flexibility index (Phi) is 1.56. The maximum Gasteiger partial charge on any atom is 0.163 e. The van der Waals surface area contributed by atoms with E-state index in [1.807, 2.05) is 24.0 Å². The normalized spacial score (nSPS) is 11.6. The van der Waals surface area contributed by atoms with Gasteiger partial charge in [0.1, 0.15) is 4.83 Å². The number of nitrogens with two attached hydrogens (primary N) is 1. The number of fused-ring (bicyclic) bond motifs is 3. The fourth-order valence-corrected chi connectivity index (χ4v) is 3.04. The van der Waals surface area contributed by atoms with Crippen LogP contribution < -0.4 is 5.73 Å². The van der Waals surface area contributed by atoms with Gasteiger partial charge in [0.05, 0.1) is 10.2 Å². The van der Waals surface area contributed by atoms with E-state index in [9.17, 15) is 0 Å². The van der Waals surface area contributed by atoms with E-state index >= 15 is 0 Å². The molecule has 3 heterocycles. The summed E-state index contributed by atoms with van der Waals surface area (Å²) in [6, 6.07) is 2.01. The van der Waals surface area contributed by atoms with Crippen molar-refractivity contribution in [3.63, 3.8) is 0 Å². The van der Waals surface area contributed by atoms with E-state index in [2.05, 4.69) is 17.0 Å². The number of thiophene rings is 1. The Bertz CT molecular complexity index is 665. The van der Waals surface area contributed by atoms with Crippen LogP contribution in [0.4, 0.5) is 5.82 Å². The van der Waals surface area contributed by atoms with Crippen molar-refractivity contribution in [2.24, 2.45) is 7.05 Å². The summed E-state index contributed by atoms with van der Waals surface area (Å²) in [7, 11) is 1.91. The van der Waals surface area contributed by atoms with Crippen LogP contribution in [-0.2, 0) is 7.05 Å². The van der Waals surface area contributed by atoms with Crippen LogP contribution in [0.2, 0.25) is 0 Å². The highest BCUT2D eigenvalue weighted by molar-refractivity contribution is 7.26. The molecule has 0 atom stereocenters. The number of hydrogen-bond acceptors (Lipinski definition) is 4. The Labute approximate surface area is 90.3 Å². The maximum absolute atomic E-state index is 5.84. The molecule has 0 unspecified atom stereocenters. The standard InChI is InChI=1S/C10H10N4S/c1-5-3-4-12-10-6(5)7-8(15-10)9(11)13-14(7)2/h3-4H,1-2H3,(H2,11,13). The smallest absolute Gasteiger partial charge is 0.163 e. The average molecular weight is 218 g/mol. The molecule has 15 heavy (non-hydrogen) atoms. The van der Waals surface area contributed by atoms with E-state index in [4.69, 9.17) is 5.73 Å². The number of pyridine rings is 1. The summed E-state index contributed by atoms with van der Waals surface area (Å²) in [5.41, 5.74) is 8.15. The zero-order valence-corrected chi connectivity index (χ0v) is 9.30. The second-order valence-electron chi connectivity index (χ2n) is 3.60. The molecule has 0 aliphatic heterocycles. The molecule has 3 aromatic rings. The molecule has 0 amide bonds. The van der Waals surface area contributed by atoms with Crippen molar-refractivity contribution < 1.29 is 0 Å².